The van der Waals surface area contributed by atoms with E-state index in [1.54, 1.807) is 0 Å². The zero-order chi connectivity index (χ0) is 15.0. The Morgan fingerprint density at radius 1 is 1.33 bits per heavy atom. The van der Waals surface area contributed by atoms with E-state index in [1.165, 1.54) is 4.90 Å². The van der Waals surface area contributed by atoms with E-state index in [-0.39, 0.29) is 35.5 Å². The molecule has 4 unspecified atom stereocenters. The smallest absolute Gasteiger partial charge is 0.233 e. The molecule has 0 radical (unpaired) electrons. The quantitative estimate of drug-likeness (QED) is 0.325. The van der Waals surface area contributed by atoms with Crippen LogP contribution in [0.15, 0.2) is 17.1 Å². The summed E-state index contributed by atoms with van der Waals surface area (Å²) in [7, 11) is 0. The molecule has 4 atom stereocenters. The molecular formula is C15H22N4O2. The summed E-state index contributed by atoms with van der Waals surface area (Å²) in [5, 5.41) is 2.96. The van der Waals surface area contributed by atoms with Crippen molar-refractivity contribution < 1.29 is 9.59 Å². The molecule has 0 aromatic carbocycles. The fourth-order valence-corrected chi connectivity index (χ4v) is 3.77. The number of guanidine groups is 1. The number of nitrogens with one attached hydrogen (secondary N) is 1. The summed E-state index contributed by atoms with van der Waals surface area (Å²) < 4.78 is 0. The third kappa shape index (κ3) is 2.32. The number of allylic oxidation sites excluding steroid dienone is 2. The zero-order valence-electron chi connectivity index (χ0n) is 12.3. The Bertz CT molecular complexity index is 484. The Kier molecular flexibility index (Phi) is 3.69. The summed E-state index contributed by atoms with van der Waals surface area (Å²) in [4.78, 5) is 30.4. The second kappa shape index (κ2) is 5.50. The molecule has 3 aliphatic rings. The van der Waals surface area contributed by atoms with Crippen LogP contribution in [0.4, 0.5) is 0 Å². The van der Waals surface area contributed by atoms with Gasteiger partial charge in [0.25, 0.3) is 0 Å². The molecule has 3 rings (SSSR count). The molecule has 2 aliphatic carbocycles. The van der Waals surface area contributed by atoms with Crippen LogP contribution in [0.1, 0.15) is 19.8 Å². The van der Waals surface area contributed by atoms with E-state index in [0.717, 1.165) is 12.8 Å². The second-order valence-corrected chi connectivity index (χ2v) is 6.02. The van der Waals surface area contributed by atoms with Crippen molar-refractivity contribution >= 4 is 17.8 Å². The third-order valence-corrected chi connectivity index (χ3v) is 4.71. The highest BCUT2D eigenvalue weighted by atomic mass is 16.2. The highest BCUT2D eigenvalue weighted by Gasteiger charge is 2.58. The van der Waals surface area contributed by atoms with Crippen LogP contribution in [0.5, 0.6) is 0 Å². The highest BCUT2D eigenvalue weighted by Crippen LogP contribution is 2.52. The summed E-state index contributed by atoms with van der Waals surface area (Å²) in [6.45, 7) is 3.53. The van der Waals surface area contributed by atoms with Gasteiger partial charge in [0.05, 0.1) is 11.8 Å². The molecule has 2 amide bonds. The average molecular weight is 290 g/mol. The molecule has 0 spiro atoms. The third-order valence-electron chi connectivity index (χ3n) is 4.71. The lowest BCUT2D eigenvalue weighted by Crippen LogP contribution is -2.41. The normalized spacial score (nSPS) is 34.0. The van der Waals surface area contributed by atoms with Gasteiger partial charge in [0.2, 0.25) is 11.8 Å². The number of nitrogens with zero attached hydrogens (tertiary/aromatic N) is 2. The summed E-state index contributed by atoms with van der Waals surface area (Å²) in [6, 6.07) is 0. The first-order chi connectivity index (χ1) is 10.1. The monoisotopic (exact) mass is 290 g/mol. The molecular weight excluding hydrogens is 268 g/mol. The SMILES string of the molecule is CCCN=C(N)NCCN1C(=O)C2C3C=CC(C3)C2C1=O. The van der Waals surface area contributed by atoms with E-state index >= 15 is 0 Å². The van der Waals surface area contributed by atoms with Crippen LogP contribution < -0.4 is 11.1 Å². The average Bonchev–Trinajstić information content (AvgIpc) is 3.14. The van der Waals surface area contributed by atoms with Gasteiger partial charge in [0.15, 0.2) is 5.96 Å². The lowest BCUT2D eigenvalue weighted by molar-refractivity contribution is -0.140. The molecule has 6 heteroatoms. The molecule has 2 fully saturated rings. The molecule has 1 heterocycles. The number of nitrogens with two attached hydrogens (primary N) is 1. The number of fused-ring (bicyclic) bond motifs is 5. The summed E-state index contributed by atoms with van der Waals surface area (Å²) in [5.74, 6) is 0.673. The van der Waals surface area contributed by atoms with E-state index in [4.69, 9.17) is 5.73 Å². The van der Waals surface area contributed by atoms with E-state index < -0.39 is 0 Å². The summed E-state index contributed by atoms with van der Waals surface area (Å²) in [5.41, 5.74) is 5.70. The Labute approximate surface area is 124 Å². The van der Waals surface area contributed by atoms with Crippen LogP contribution in [0.2, 0.25) is 0 Å². The molecule has 0 aromatic heterocycles. The Morgan fingerprint density at radius 3 is 2.52 bits per heavy atom. The molecule has 1 aliphatic heterocycles. The van der Waals surface area contributed by atoms with Crippen LogP contribution in [0.25, 0.3) is 0 Å². The van der Waals surface area contributed by atoms with Gasteiger partial charge >= 0.3 is 0 Å². The topological polar surface area (TPSA) is 87.8 Å². The molecule has 1 saturated carbocycles. The fourth-order valence-electron chi connectivity index (χ4n) is 3.77. The molecule has 3 N–H and O–H groups in total. The van der Waals surface area contributed by atoms with Crippen LogP contribution in [0.3, 0.4) is 0 Å². The molecule has 114 valence electrons. The lowest BCUT2D eigenvalue weighted by atomic mass is 9.85. The summed E-state index contributed by atoms with van der Waals surface area (Å²) >= 11 is 0. The predicted octanol–water partition coefficient (Wildman–Crippen LogP) is 0.108. The first-order valence-electron chi connectivity index (χ1n) is 7.70. The van der Waals surface area contributed by atoms with Crippen molar-refractivity contribution in [2.45, 2.75) is 19.8 Å². The standard InChI is InChI=1S/C15H22N4O2/c1-2-5-17-15(16)18-6-7-19-13(20)11-9-3-4-10(8-9)12(11)14(19)21/h3-4,9-12H,2,5-8H2,1H3,(H3,16,17,18). The van der Waals surface area contributed by atoms with Gasteiger partial charge in [-0.2, -0.15) is 0 Å². The van der Waals surface area contributed by atoms with E-state index in [0.29, 0.717) is 25.6 Å². The lowest BCUT2D eigenvalue weighted by Gasteiger charge is -2.17. The number of carbonyl (C=O) groups is 2. The highest BCUT2D eigenvalue weighted by molar-refractivity contribution is 6.06. The minimum atomic E-state index is -0.112. The van der Waals surface area contributed by atoms with Gasteiger partial charge in [-0.3, -0.25) is 19.5 Å². The van der Waals surface area contributed by atoms with Crippen LogP contribution >= 0.6 is 0 Å². The van der Waals surface area contributed by atoms with Crippen molar-refractivity contribution in [1.82, 2.24) is 10.2 Å². The summed E-state index contributed by atoms with van der Waals surface area (Å²) in [6.07, 6.45) is 6.11. The fraction of sp³-hybridized carbons (Fsp3) is 0.667. The van der Waals surface area contributed by atoms with Crippen LogP contribution in [0, 0.1) is 23.7 Å². The first kappa shape index (κ1) is 14.1. The van der Waals surface area contributed by atoms with Crippen molar-refractivity contribution in [3.05, 3.63) is 12.2 Å². The minimum Gasteiger partial charge on any atom is -0.370 e. The van der Waals surface area contributed by atoms with Gasteiger partial charge < -0.3 is 11.1 Å². The Balaban J connectivity index is 1.56. The Morgan fingerprint density at radius 2 is 1.95 bits per heavy atom. The number of hydrogen-bond acceptors (Lipinski definition) is 3. The molecule has 6 nitrogen and oxygen atoms in total. The number of imide groups is 1. The predicted molar refractivity (Wildman–Crippen MR) is 79.2 cm³/mol. The maximum atomic E-state index is 12.4. The van der Waals surface area contributed by atoms with Gasteiger partial charge in [0.1, 0.15) is 0 Å². The second-order valence-electron chi connectivity index (χ2n) is 6.02. The van der Waals surface area contributed by atoms with Crippen molar-refractivity contribution in [3.8, 4) is 0 Å². The Hall–Kier alpha value is -1.85. The largest absolute Gasteiger partial charge is 0.370 e. The number of amides is 2. The molecule has 0 aromatic rings. The zero-order valence-corrected chi connectivity index (χ0v) is 12.3. The van der Waals surface area contributed by atoms with Gasteiger partial charge in [-0.15, -0.1) is 0 Å². The van der Waals surface area contributed by atoms with Crippen LogP contribution in [-0.2, 0) is 9.59 Å². The van der Waals surface area contributed by atoms with Crippen molar-refractivity contribution in [2.75, 3.05) is 19.6 Å². The number of carbonyl (C=O) groups excluding carboxylic acids is 2. The maximum Gasteiger partial charge on any atom is 0.233 e. The van der Waals surface area contributed by atoms with Crippen molar-refractivity contribution in [2.24, 2.45) is 34.4 Å². The minimum absolute atomic E-state index is 0.00674. The van der Waals surface area contributed by atoms with E-state index in [9.17, 15) is 9.59 Å². The number of hydrogen-bond donors (Lipinski definition) is 2. The van der Waals surface area contributed by atoms with Crippen molar-refractivity contribution in [3.63, 3.8) is 0 Å². The number of likely N-dealkylation sites (tertiary alicyclic amines) is 1. The van der Waals surface area contributed by atoms with Gasteiger partial charge in [-0.25, -0.2) is 0 Å². The molecule has 21 heavy (non-hydrogen) atoms. The van der Waals surface area contributed by atoms with Crippen LogP contribution in [-0.4, -0.2) is 42.3 Å². The number of rotatable bonds is 5. The molecule has 1 saturated heterocycles. The van der Waals surface area contributed by atoms with Gasteiger partial charge in [-0.05, 0) is 24.7 Å². The number of aliphatic imine (C=N–C) groups is 1. The van der Waals surface area contributed by atoms with E-state index in [2.05, 4.69) is 22.5 Å². The van der Waals surface area contributed by atoms with E-state index in [1.807, 2.05) is 6.92 Å². The van der Waals surface area contributed by atoms with Crippen molar-refractivity contribution in [1.29, 1.82) is 0 Å². The van der Waals surface area contributed by atoms with Gasteiger partial charge in [-0.1, -0.05) is 19.1 Å². The first-order valence-corrected chi connectivity index (χ1v) is 7.70. The maximum absolute atomic E-state index is 12.4. The van der Waals surface area contributed by atoms with Gasteiger partial charge in [0, 0.05) is 19.6 Å². The molecule has 2 bridgehead atoms.